The Morgan fingerprint density at radius 3 is 2.48 bits per heavy atom. The molecule has 2 bridgehead atoms. The number of fused-ring (bicyclic) bond motifs is 3. The van der Waals surface area contributed by atoms with Crippen LogP contribution in [0.15, 0.2) is 11.6 Å². The standard InChI is InChI=1S/C20H32O5/c1-12(2)20-7-6-18(4,25-20)16(23)9-15(22)13(3)8-14(21)10-19(5)17(11-20)24-19/h8,12,14,16-17,21,23H,6-7,9-11H2,1-5H3/b13-8-/t14-,16-,17-,18-,19-,20+/m1/s1. The summed E-state index contributed by atoms with van der Waals surface area (Å²) in [5, 5.41) is 21.1. The van der Waals surface area contributed by atoms with Crippen molar-refractivity contribution < 1.29 is 24.5 Å². The molecule has 3 rings (SSSR count). The second-order valence-electron chi connectivity index (χ2n) is 9.02. The predicted molar refractivity (Wildman–Crippen MR) is 94.2 cm³/mol. The molecule has 0 aromatic carbocycles. The van der Waals surface area contributed by atoms with Crippen molar-refractivity contribution in [2.45, 2.75) is 102 Å². The van der Waals surface area contributed by atoms with Crippen molar-refractivity contribution in [1.82, 2.24) is 0 Å². The molecule has 0 aromatic rings. The van der Waals surface area contributed by atoms with Crippen LogP contribution >= 0.6 is 0 Å². The van der Waals surface area contributed by atoms with E-state index in [1.165, 1.54) is 0 Å². The van der Waals surface area contributed by atoms with Crippen molar-refractivity contribution >= 4 is 5.78 Å². The van der Waals surface area contributed by atoms with E-state index in [1.807, 2.05) is 13.8 Å². The van der Waals surface area contributed by atoms with Crippen LogP contribution in [-0.4, -0.2) is 51.1 Å². The second-order valence-corrected chi connectivity index (χ2v) is 9.02. The number of epoxide rings is 1. The van der Waals surface area contributed by atoms with E-state index in [2.05, 4.69) is 13.8 Å². The molecule has 5 nitrogen and oxygen atoms in total. The topological polar surface area (TPSA) is 79.3 Å². The molecule has 0 saturated carbocycles. The molecule has 0 spiro atoms. The number of aliphatic hydroxyl groups excluding tert-OH is 2. The Labute approximate surface area is 150 Å². The van der Waals surface area contributed by atoms with Gasteiger partial charge >= 0.3 is 0 Å². The van der Waals surface area contributed by atoms with Crippen LogP contribution in [-0.2, 0) is 14.3 Å². The average molecular weight is 352 g/mol. The van der Waals surface area contributed by atoms with Crippen LogP contribution in [0.1, 0.15) is 66.7 Å². The molecular weight excluding hydrogens is 320 g/mol. The molecule has 2 saturated heterocycles. The number of rotatable bonds is 1. The maximum absolute atomic E-state index is 12.4. The molecule has 5 heteroatoms. The summed E-state index contributed by atoms with van der Waals surface area (Å²) in [5.41, 5.74) is -0.972. The summed E-state index contributed by atoms with van der Waals surface area (Å²) in [5.74, 6) is 0.136. The minimum Gasteiger partial charge on any atom is -0.390 e. The van der Waals surface area contributed by atoms with Gasteiger partial charge in [0.15, 0.2) is 5.78 Å². The molecule has 0 amide bonds. The third-order valence-corrected chi connectivity index (χ3v) is 6.68. The van der Waals surface area contributed by atoms with Gasteiger partial charge in [-0.15, -0.1) is 0 Å². The summed E-state index contributed by atoms with van der Waals surface area (Å²) >= 11 is 0. The highest BCUT2D eigenvalue weighted by molar-refractivity contribution is 5.95. The molecular formula is C20H32O5. The van der Waals surface area contributed by atoms with Gasteiger partial charge in [0.2, 0.25) is 0 Å². The summed E-state index contributed by atoms with van der Waals surface area (Å²) in [6.07, 6.45) is 2.88. The number of carbonyl (C=O) groups is 1. The molecule has 142 valence electrons. The van der Waals surface area contributed by atoms with Crippen molar-refractivity contribution in [3.63, 3.8) is 0 Å². The first-order valence-corrected chi connectivity index (χ1v) is 9.45. The molecule has 2 N–H and O–H groups in total. The molecule has 0 aliphatic carbocycles. The Hall–Kier alpha value is -0.750. The lowest BCUT2D eigenvalue weighted by atomic mass is 9.80. The number of ketones is 1. The van der Waals surface area contributed by atoms with Crippen LogP contribution < -0.4 is 0 Å². The van der Waals surface area contributed by atoms with Crippen LogP contribution in [0.25, 0.3) is 0 Å². The van der Waals surface area contributed by atoms with Crippen LogP contribution in [0.4, 0.5) is 0 Å². The lowest BCUT2D eigenvalue weighted by Gasteiger charge is -2.38. The average Bonchev–Trinajstić information content (AvgIpc) is 2.95. The van der Waals surface area contributed by atoms with Crippen LogP contribution in [0.3, 0.4) is 0 Å². The lowest BCUT2D eigenvalue weighted by Crippen LogP contribution is -2.46. The Kier molecular flexibility index (Phi) is 4.68. The molecule has 0 aromatic heterocycles. The van der Waals surface area contributed by atoms with Gasteiger partial charge in [-0.2, -0.15) is 0 Å². The molecule has 0 radical (unpaired) electrons. The number of allylic oxidation sites excluding steroid dienone is 1. The van der Waals surface area contributed by atoms with Crippen LogP contribution in [0.2, 0.25) is 0 Å². The minimum atomic E-state index is -0.853. The Morgan fingerprint density at radius 2 is 1.84 bits per heavy atom. The van der Waals surface area contributed by atoms with Gasteiger partial charge in [0.05, 0.1) is 35.1 Å². The molecule has 3 aliphatic rings. The smallest absolute Gasteiger partial charge is 0.161 e. The Bertz CT molecular complexity index is 585. The van der Waals surface area contributed by atoms with Gasteiger partial charge < -0.3 is 19.7 Å². The zero-order valence-corrected chi connectivity index (χ0v) is 16.0. The normalized spacial score (nSPS) is 50.3. The summed E-state index contributed by atoms with van der Waals surface area (Å²) in [6, 6.07) is 0. The highest BCUT2D eigenvalue weighted by Gasteiger charge is 2.60. The van der Waals surface area contributed by atoms with E-state index in [4.69, 9.17) is 9.47 Å². The zero-order valence-electron chi connectivity index (χ0n) is 16.0. The van der Waals surface area contributed by atoms with E-state index >= 15 is 0 Å². The van der Waals surface area contributed by atoms with E-state index in [1.54, 1.807) is 13.0 Å². The van der Waals surface area contributed by atoms with E-state index in [-0.39, 0.29) is 35.4 Å². The lowest BCUT2D eigenvalue weighted by molar-refractivity contribution is -0.169. The van der Waals surface area contributed by atoms with E-state index in [9.17, 15) is 15.0 Å². The van der Waals surface area contributed by atoms with Gasteiger partial charge in [-0.05, 0) is 51.2 Å². The SMILES string of the molecule is C/C1=C/[C@@H](O)C[C@@]2(C)O[C@@H]2C[C@]2(C(C)C)CC[C@@](C)(O2)[C@H](O)CC1=O. The molecule has 0 unspecified atom stereocenters. The number of hydrogen-bond donors (Lipinski definition) is 2. The molecule has 3 aliphatic heterocycles. The first-order valence-electron chi connectivity index (χ1n) is 9.45. The largest absolute Gasteiger partial charge is 0.390 e. The monoisotopic (exact) mass is 352 g/mol. The first kappa shape index (κ1) is 19.0. The van der Waals surface area contributed by atoms with Crippen LogP contribution in [0.5, 0.6) is 0 Å². The number of hydrogen-bond acceptors (Lipinski definition) is 5. The van der Waals surface area contributed by atoms with E-state index in [0.717, 1.165) is 19.3 Å². The second kappa shape index (κ2) is 6.15. The van der Waals surface area contributed by atoms with Gasteiger partial charge in [-0.25, -0.2) is 0 Å². The Balaban J connectivity index is 1.94. The summed E-state index contributed by atoms with van der Waals surface area (Å²) in [4.78, 5) is 12.4. The fourth-order valence-electron chi connectivity index (χ4n) is 4.50. The van der Waals surface area contributed by atoms with Crippen molar-refractivity contribution in [1.29, 1.82) is 0 Å². The molecule has 6 atom stereocenters. The quantitative estimate of drug-likeness (QED) is 0.709. The third kappa shape index (κ3) is 3.44. The zero-order chi connectivity index (χ0) is 18.6. The predicted octanol–water partition coefficient (Wildman–Crippen LogP) is 2.53. The summed E-state index contributed by atoms with van der Waals surface area (Å²) in [6.45, 7) is 9.91. The third-order valence-electron chi connectivity index (χ3n) is 6.68. The minimum absolute atomic E-state index is 0.0247. The fraction of sp³-hybridized carbons (Fsp3) is 0.850. The maximum Gasteiger partial charge on any atom is 0.161 e. The van der Waals surface area contributed by atoms with E-state index < -0.39 is 17.8 Å². The first-order chi connectivity index (χ1) is 11.5. The van der Waals surface area contributed by atoms with Crippen molar-refractivity contribution in [3.05, 3.63) is 11.6 Å². The van der Waals surface area contributed by atoms with Gasteiger partial charge in [0.25, 0.3) is 0 Å². The molecule has 3 heterocycles. The summed E-state index contributed by atoms with van der Waals surface area (Å²) < 4.78 is 12.5. The van der Waals surface area contributed by atoms with Crippen molar-refractivity contribution in [2.24, 2.45) is 5.92 Å². The van der Waals surface area contributed by atoms with Gasteiger partial charge in [0.1, 0.15) is 0 Å². The number of carbonyl (C=O) groups excluding carboxylic acids is 1. The summed E-state index contributed by atoms with van der Waals surface area (Å²) in [7, 11) is 0. The number of Topliss-reactive ketones (excluding diaryl/α,β-unsaturated/α-hetero) is 1. The highest BCUT2D eigenvalue weighted by atomic mass is 16.6. The highest BCUT2D eigenvalue weighted by Crippen LogP contribution is 2.53. The van der Waals surface area contributed by atoms with Crippen LogP contribution in [0, 0.1) is 5.92 Å². The van der Waals surface area contributed by atoms with Crippen molar-refractivity contribution in [2.75, 3.05) is 0 Å². The Morgan fingerprint density at radius 1 is 1.16 bits per heavy atom. The van der Waals surface area contributed by atoms with E-state index in [0.29, 0.717) is 12.0 Å². The maximum atomic E-state index is 12.4. The molecule has 2 fully saturated rings. The van der Waals surface area contributed by atoms with Gasteiger partial charge in [-0.3, -0.25) is 4.79 Å². The number of ether oxygens (including phenoxy) is 2. The van der Waals surface area contributed by atoms with Crippen molar-refractivity contribution in [3.8, 4) is 0 Å². The fourth-order valence-corrected chi connectivity index (χ4v) is 4.50. The van der Waals surface area contributed by atoms with Gasteiger partial charge in [0, 0.05) is 19.3 Å². The van der Waals surface area contributed by atoms with Gasteiger partial charge in [-0.1, -0.05) is 13.8 Å². The molecule has 25 heavy (non-hydrogen) atoms. The number of aliphatic hydroxyl groups is 2.